The highest BCUT2D eigenvalue weighted by Gasteiger charge is 2.49. The third kappa shape index (κ3) is 5.12. The molecule has 2 unspecified atom stereocenters. The molecule has 1 aliphatic rings. The Morgan fingerprint density at radius 3 is 2.62 bits per heavy atom. The van der Waals surface area contributed by atoms with Crippen LogP contribution in [0, 0.1) is 5.82 Å². The summed E-state index contributed by atoms with van der Waals surface area (Å²) < 4.78 is 18.6. The zero-order valence-corrected chi connectivity index (χ0v) is 18.4. The van der Waals surface area contributed by atoms with Crippen molar-refractivity contribution in [2.75, 3.05) is 19.7 Å². The van der Waals surface area contributed by atoms with Gasteiger partial charge in [0.05, 0.1) is 5.02 Å². The van der Waals surface area contributed by atoms with E-state index in [-0.39, 0.29) is 23.9 Å². The Labute approximate surface area is 193 Å². The van der Waals surface area contributed by atoms with Crippen LogP contribution in [0.25, 0.3) is 0 Å². The van der Waals surface area contributed by atoms with Crippen molar-refractivity contribution in [3.63, 3.8) is 0 Å². The number of hydrogen-bond donors (Lipinski definition) is 3. The summed E-state index contributed by atoms with van der Waals surface area (Å²) >= 11 is 11.9. The van der Waals surface area contributed by atoms with E-state index in [1.807, 2.05) is 0 Å². The molecule has 3 rings (SSSR count). The van der Waals surface area contributed by atoms with Gasteiger partial charge in [0.15, 0.2) is 0 Å². The number of benzene rings is 2. The number of aliphatic hydroxyl groups excluding tert-OH is 1. The minimum absolute atomic E-state index is 0.174. The Balaban J connectivity index is 1.52. The second-order valence-corrected chi connectivity index (χ2v) is 8.06. The summed E-state index contributed by atoms with van der Waals surface area (Å²) in [7, 11) is 0. The molecule has 1 fully saturated rings. The lowest BCUT2D eigenvalue weighted by molar-refractivity contribution is -0.134. The van der Waals surface area contributed by atoms with Gasteiger partial charge in [-0.2, -0.15) is 0 Å². The maximum absolute atomic E-state index is 13.2. The second-order valence-electron chi connectivity index (χ2n) is 7.27. The number of carbonyl (C=O) groups is 3. The average Bonchev–Trinajstić information content (AvgIpc) is 2.97. The van der Waals surface area contributed by atoms with Gasteiger partial charge in [0.2, 0.25) is 5.91 Å². The normalized spacial score (nSPS) is 19.0. The van der Waals surface area contributed by atoms with Crippen molar-refractivity contribution < 1.29 is 28.6 Å². The van der Waals surface area contributed by atoms with Crippen molar-refractivity contribution in [2.45, 2.75) is 18.6 Å². The van der Waals surface area contributed by atoms with Crippen LogP contribution in [0.1, 0.15) is 12.5 Å². The fraction of sp³-hybridized carbons (Fsp3) is 0.286. The number of hydrogen-bond acceptors (Lipinski definition) is 5. The second kappa shape index (κ2) is 9.72. The first-order chi connectivity index (χ1) is 15.1. The molecule has 2 aromatic rings. The van der Waals surface area contributed by atoms with Gasteiger partial charge in [-0.25, -0.2) is 9.18 Å². The summed E-state index contributed by atoms with van der Waals surface area (Å²) in [5.41, 5.74) is -1.04. The van der Waals surface area contributed by atoms with Crippen LogP contribution in [0.5, 0.6) is 5.75 Å². The molecule has 0 bridgehead atoms. The maximum Gasteiger partial charge on any atom is 0.325 e. The Morgan fingerprint density at radius 1 is 1.25 bits per heavy atom. The third-order valence-electron chi connectivity index (χ3n) is 4.88. The first-order valence-corrected chi connectivity index (χ1v) is 10.3. The number of nitrogens with zero attached hydrogens (tertiary/aromatic N) is 1. The van der Waals surface area contributed by atoms with Crippen LogP contribution < -0.4 is 15.4 Å². The molecule has 0 spiro atoms. The van der Waals surface area contributed by atoms with Crippen LogP contribution in [-0.4, -0.2) is 53.7 Å². The van der Waals surface area contributed by atoms with Crippen molar-refractivity contribution in [3.8, 4) is 5.75 Å². The lowest BCUT2D eigenvalue weighted by atomic mass is 9.92. The van der Waals surface area contributed by atoms with Gasteiger partial charge in [-0.05, 0) is 36.8 Å². The molecule has 4 amide bonds. The molecule has 3 N–H and O–H groups in total. The molecule has 8 nitrogen and oxygen atoms in total. The van der Waals surface area contributed by atoms with E-state index in [2.05, 4.69) is 10.6 Å². The first kappa shape index (κ1) is 23.8. The molecule has 2 atom stereocenters. The van der Waals surface area contributed by atoms with Crippen LogP contribution >= 0.6 is 23.2 Å². The number of amides is 4. The molecule has 0 aliphatic carbocycles. The topological polar surface area (TPSA) is 108 Å². The molecule has 1 aliphatic heterocycles. The molecule has 1 saturated heterocycles. The van der Waals surface area contributed by atoms with Crippen molar-refractivity contribution in [1.29, 1.82) is 0 Å². The minimum Gasteiger partial charge on any atom is -0.489 e. The Hall–Kier alpha value is -2.88. The molecular weight excluding hydrogens is 464 g/mol. The van der Waals surface area contributed by atoms with Crippen molar-refractivity contribution in [2.24, 2.45) is 0 Å². The number of ether oxygens (including phenoxy) is 1. The summed E-state index contributed by atoms with van der Waals surface area (Å²) in [6, 6.07) is 9.18. The van der Waals surface area contributed by atoms with E-state index in [1.165, 1.54) is 31.2 Å². The van der Waals surface area contributed by atoms with Crippen molar-refractivity contribution >= 4 is 41.0 Å². The molecule has 0 saturated carbocycles. The zero-order valence-electron chi connectivity index (χ0n) is 16.9. The molecule has 11 heteroatoms. The smallest absolute Gasteiger partial charge is 0.325 e. The van der Waals surface area contributed by atoms with Gasteiger partial charge in [0, 0.05) is 6.54 Å². The Bertz CT molecular complexity index is 1040. The van der Waals surface area contributed by atoms with E-state index in [1.54, 1.807) is 18.2 Å². The quantitative estimate of drug-likeness (QED) is 0.499. The molecule has 32 heavy (non-hydrogen) atoms. The predicted octanol–water partition coefficient (Wildman–Crippen LogP) is 2.46. The minimum atomic E-state index is -1.42. The highest BCUT2D eigenvalue weighted by molar-refractivity contribution is 6.42. The van der Waals surface area contributed by atoms with Crippen LogP contribution in [0.15, 0.2) is 42.5 Å². The largest absolute Gasteiger partial charge is 0.489 e. The summed E-state index contributed by atoms with van der Waals surface area (Å²) in [4.78, 5) is 38.1. The van der Waals surface area contributed by atoms with Crippen LogP contribution in [0.2, 0.25) is 10.0 Å². The average molecular weight is 484 g/mol. The van der Waals surface area contributed by atoms with Crippen molar-refractivity contribution in [1.82, 2.24) is 15.5 Å². The molecular formula is C21H20Cl2FN3O5. The predicted molar refractivity (Wildman–Crippen MR) is 115 cm³/mol. The monoisotopic (exact) mass is 483 g/mol. The highest BCUT2D eigenvalue weighted by atomic mass is 35.5. The fourth-order valence-corrected chi connectivity index (χ4v) is 3.44. The number of aliphatic hydroxyl groups is 1. The van der Waals surface area contributed by atoms with E-state index < -0.39 is 41.9 Å². The third-order valence-corrected chi connectivity index (χ3v) is 5.68. The van der Waals surface area contributed by atoms with Gasteiger partial charge in [0.1, 0.15) is 41.4 Å². The van der Waals surface area contributed by atoms with Gasteiger partial charge in [-0.15, -0.1) is 0 Å². The van der Waals surface area contributed by atoms with E-state index in [0.717, 1.165) is 4.90 Å². The Morgan fingerprint density at radius 2 is 1.94 bits per heavy atom. The molecule has 2 aromatic carbocycles. The SMILES string of the molecule is CC1(c2ccc(F)cc2)NC(=O)N(CC(=O)NCC(O)COc2cccc(Cl)c2Cl)C1=O. The maximum atomic E-state index is 13.2. The summed E-state index contributed by atoms with van der Waals surface area (Å²) in [5.74, 6) is -1.50. The molecule has 170 valence electrons. The highest BCUT2D eigenvalue weighted by Crippen LogP contribution is 2.31. The summed E-state index contributed by atoms with van der Waals surface area (Å²) in [6.45, 7) is 0.567. The summed E-state index contributed by atoms with van der Waals surface area (Å²) in [6.07, 6.45) is -1.08. The summed E-state index contributed by atoms with van der Waals surface area (Å²) in [5, 5.41) is 15.5. The zero-order chi connectivity index (χ0) is 23.5. The van der Waals surface area contributed by atoms with E-state index in [9.17, 15) is 23.9 Å². The number of imide groups is 1. The number of urea groups is 1. The number of halogens is 3. The van der Waals surface area contributed by atoms with E-state index in [4.69, 9.17) is 27.9 Å². The molecule has 0 aromatic heterocycles. The van der Waals surface area contributed by atoms with Gasteiger partial charge >= 0.3 is 6.03 Å². The Kier molecular flexibility index (Phi) is 7.22. The van der Waals surface area contributed by atoms with E-state index >= 15 is 0 Å². The van der Waals surface area contributed by atoms with Gasteiger partial charge in [-0.3, -0.25) is 14.5 Å². The van der Waals surface area contributed by atoms with Gasteiger partial charge < -0.3 is 20.5 Å². The lowest BCUT2D eigenvalue weighted by Gasteiger charge is -2.22. The van der Waals surface area contributed by atoms with Crippen LogP contribution in [-0.2, 0) is 15.1 Å². The lowest BCUT2D eigenvalue weighted by Crippen LogP contribution is -2.45. The van der Waals surface area contributed by atoms with Crippen LogP contribution in [0.3, 0.4) is 0 Å². The van der Waals surface area contributed by atoms with Crippen LogP contribution in [0.4, 0.5) is 9.18 Å². The molecule has 0 radical (unpaired) electrons. The van der Waals surface area contributed by atoms with Crippen molar-refractivity contribution in [3.05, 3.63) is 63.9 Å². The first-order valence-electron chi connectivity index (χ1n) is 9.53. The molecule has 1 heterocycles. The van der Waals surface area contributed by atoms with Gasteiger partial charge in [0.25, 0.3) is 5.91 Å². The fourth-order valence-electron chi connectivity index (χ4n) is 3.09. The standard InChI is InChI=1S/C21H20Cl2FN3O5/c1-21(12-5-7-13(24)8-6-12)19(30)27(20(31)26-21)10-17(29)25-9-14(28)11-32-16-4-2-3-15(22)18(16)23/h2-8,14,28H,9-11H2,1H3,(H,25,29)(H,26,31). The number of carbonyl (C=O) groups excluding carboxylic acids is 3. The number of rotatable bonds is 8. The number of nitrogens with one attached hydrogen (secondary N) is 2. The van der Waals surface area contributed by atoms with Gasteiger partial charge in [-0.1, -0.05) is 41.4 Å². The van der Waals surface area contributed by atoms with E-state index in [0.29, 0.717) is 10.6 Å².